The summed E-state index contributed by atoms with van der Waals surface area (Å²) in [4.78, 5) is 25.5. The van der Waals surface area contributed by atoms with Crippen LogP contribution >= 0.6 is 0 Å². The van der Waals surface area contributed by atoms with Crippen molar-refractivity contribution in [2.24, 2.45) is 0 Å². The molecule has 0 radical (unpaired) electrons. The first-order valence-electron chi connectivity index (χ1n) is 11.6. The Labute approximate surface area is 201 Å². The number of carbonyl (C=O) groups excluding carboxylic acids is 2. The number of rotatable bonds is 6. The van der Waals surface area contributed by atoms with Crippen molar-refractivity contribution < 1.29 is 14.3 Å². The fourth-order valence-corrected chi connectivity index (χ4v) is 3.63. The number of hydrogen-bond acceptors (Lipinski definition) is 4. The molecule has 0 bridgehead atoms. The number of benzene rings is 3. The van der Waals surface area contributed by atoms with E-state index in [9.17, 15) is 9.59 Å². The Bertz CT molecular complexity index is 1060. The van der Waals surface area contributed by atoms with Crippen molar-refractivity contribution in [3.63, 3.8) is 0 Å². The number of amides is 2. The molecule has 0 unspecified atom stereocenters. The van der Waals surface area contributed by atoms with Gasteiger partial charge in [0.1, 0.15) is 11.5 Å². The minimum atomic E-state index is -0.126. The Hall–Kier alpha value is -3.64. The third-order valence-electron chi connectivity index (χ3n) is 5.37. The van der Waals surface area contributed by atoms with Gasteiger partial charge in [-0.25, -0.2) is 0 Å². The number of piperazine rings is 1. The van der Waals surface area contributed by atoms with Crippen LogP contribution in [0.3, 0.4) is 0 Å². The second-order valence-electron chi connectivity index (χ2n) is 8.20. The normalized spacial score (nSPS) is 12.8. The van der Waals surface area contributed by atoms with Crippen LogP contribution in [0.1, 0.15) is 24.5 Å². The van der Waals surface area contributed by atoms with Crippen molar-refractivity contribution in [3.05, 3.63) is 90.0 Å². The van der Waals surface area contributed by atoms with Gasteiger partial charge in [0.25, 0.3) is 0 Å². The molecule has 2 N–H and O–H groups in total. The smallest absolute Gasteiger partial charge is 0.222 e. The molecule has 1 saturated heterocycles. The monoisotopic (exact) mass is 459 g/mol. The van der Waals surface area contributed by atoms with Gasteiger partial charge >= 0.3 is 0 Å². The molecule has 3 aromatic rings. The molecule has 0 aliphatic carbocycles. The van der Waals surface area contributed by atoms with Gasteiger partial charge in [-0.1, -0.05) is 60.2 Å². The van der Waals surface area contributed by atoms with Crippen molar-refractivity contribution in [1.82, 2.24) is 10.2 Å². The van der Waals surface area contributed by atoms with E-state index >= 15 is 0 Å². The van der Waals surface area contributed by atoms with Crippen LogP contribution < -0.4 is 15.4 Å². The molecule has 4 rings (SSSR count). The van der Waals surface area contributed by atoms with E-state index in [0.717, 1.165) is 37.5 Å². The molecule has 6 heteroatoms. The number of nitrogens with zero attached hydrogens (tertiary/aromatic N) is 1. The van der Waals surface area contributed by atoms with Crippen molar-refractivity contribution in [2.45, 2.75) is 26.7 Å². The predicted molar refractivity (Wildman–Crippen MR) is 136 cm³/mol. The number of ether oxygens (including phenoxy) is 1. The Balaban J connectivity index is 0.000000396. The lowest BCUT2D eigenvalue weighted by Gasteiger charge is -2.27. The van der Waals surface area contributed by atoms with E-state index in [1.54, 1.807) is 6.07 Å². The molecular weight excluding hydrogens is 426 g/mol. The Morgan fingerprint density at radius 2 is 1.65 bits per heavy atom. The summed E-state index contributed by atoms with van der Waals surface area (Å²) in [5.41, 5.74) is 3.00. The van der Waals surface area contributed by atoms with E-state index in [1.807, 2.05) is 65.6 Å². The molecule has 1 fully saturated rings. The zero-order valence-electron chi connectivity index (χ0n) is 19.9. The van der Waals surface area contributed by atoms with E-state index in [2.05, 4.69) is 29.7 Å². The first-order chi connectivity index (χ1) is 16.5. The molecule has 0 atom stereocenters. The molecule has 2 amide bonds. The van der Waals surface area contributed by atoms with Gasteiger partial charge < -0.3 is 20.3 Å². The van der Waals surface area contributed by atoms with Gasteiger partial charge in [-0.3, -0.25) is 9.59 Å². The van der Waals surface area contributed by atoms with Crippen LogP contribution in [0.15, 0.2) is 78.9 Å². The summed E-state index contributed by atoms with van der Waals surface area (Å²) in [6.07, 6.45) is 1.09. The van der Waals surface area contributed by atoms with E-state index in [-0.39, 0.29) is 11.8 Å². The van der Waals surface area contributed by atoms with Crippen LogP contribution in [0.4, 0.5) is 5.69 Å². The highest BCUT2D eigenvalue weighted by Crippen LogP contribution is 2.28. The third kappa shape index (κ3) is 8.37. The van der Waals surface area contributed by atoms with Crippen molar-refractivity contribution in [1.29, 1.82) is 0 Å². The van der Waals surface area contributed by atoms with Crippen LogP contribution in [0.2, 0.25) is 0 Å². The fraction of sp³-hybridized carbons (Fsp3) is 0.286. The molecule has 0 saturated carbocycles. The van der Waals surface area contributed by atoms with Crippen molar-refractivity contribution >= 4 is 17.5 Å². The Kier molecular flexibility index (Phi) is 9.67. The van der Waals surface area contributed by atoms with Gasteiger partial charge in [0.15, 0.2) is 0 Å². The molecule has 178 valence electrons. The SMILES string of the molecule is CC(=O)Nc1cccc(Oc2ccccc2CCC(=O)N2CCNCC2)c1.Cc1ccccc1. The number of hydrogen-bond donors (Lipinski definition) is 2. The summed E-state index contributed by atoms with van der Waals surface area (Å²) >= 11 is 0. The van der Waals surface area contributed by atoms with Crippen LogP contribution in [-0.4, -0.2) is 42.9 Å². The summed E-state index contributed by atoms with van der Waals surface area (Å²) in [5, 5.41) is 6.00. The summed E-state index contributed by atoms with van der Waals surface area (Å²) in [6.45, 7) is 6.81. The third-order valence-corrected chi connectivity index (χ3v) is 5.37. The lowest BCUT2D eigenvalue weighted by Crippen LogP contribution is -2.46. The molecule has 0 aromatic heterocycles. The van der Waals surface area contributed by atoms with Gasteiger partial charge in [0.2, 0.25) is 11.8 Å². The maximum Gasteiger partial charge on any atom is 0.222 e. The molecular formula is C28H33N3O3. The second kappa shape index (κ2) is 13.2. The second-order valence-corrected chi connectivity index (χ2v) is 8.20. The highest BCUT2D eigenvalue weighted by Gasteiger charge is 2.16. The van der Waals surface area contributed by atoms with E-state index in [4.69, 9.17) is 4.74 Å². The van der Waals surface area contributed by atoms with Crippen LogP contribution in [0.25, 0.3) is 0 Å². The Morgan fingerprint density at radius 3 is 2.32 bits per heavy atom. The number of carbonyl (C=O) groups is 2. The van der Waals surface area contributed by atoms with Gasteiger partial charge in [-0.2, -0.15) is 0 Å². The number of nitrogens with one attached hydrogen (secondary N) is 2. The number of para-hydroxylation sites is 1. The summed E-state index contributed by atoms with van der Waals surface area (Å²) in [7, 11) is 0. The molecule has 34 heavy (non-hydrogen) atoms. The quantitative estimate of drug-likeness (QED) is 0.556. The van der Waals surface area contributed by atoms with E-state index < -0.39 is 0 Å². The largest absolute Gasteiger partial charge is 0.457 e. The van der Waals surface area contributed by atoms with Gasteiger partial charge in [-0.15, -0.1) is 0 Å². The number of aryl methyl sites for hydroxylation is 2. The van der Waals surface area contributed by atoms with Crippen LogP contribution in [0, 0.1) is 6.92 Å². The summed E-state index contributed by atoms with van der Waals surface area (Å²) in [5.74, 6) is 1.42. The van der Waals surface area contributed by atoms with E-state index in [1.165, 1.54) is 12.5 Å². The lowest BCUT2D eigenvalue weighted by atomic mass is 10.1. The van der Waals surface area contributed by atoms with Crippen molar-refractivity contribution in [3.8, 4) is 11.5 Å². The zero-order valence-corrected chi connectivity index (χ0v) is 19.9. The molecule has 1 aliphatic rings. The zero-order chi connectivity index (χ0) is 24.2. The topological polar surface area (TPSA) is 70.7 Å². The maximum absolute atomic E-state index is 12.4. The van der Waals surface area contributed by atoms with Crippen LogP contribution in [0.5, 0.6) is 11.5 Å². The minimum Gasteiger partial charge on any atom is -0.457 e. The molecule has 6 nitrogen and oxygen atoms in total. The molecule has 1 aliphatic heterocycles. The Morgan fingerprint density at radius 1 is 0.941 bits per heavy atom. The molecule has 0 spiro atoms. The van der Waals surface area contributed by atoms with Gasteiger partial charge in [-0.05, 0) is 37.1 Å². The highest BCUT2D eigenvalue weighted by atomic mass is 16.5. The molecule has 1 heterocycles. The van der Waals surface area contributed by atoms with Gasteiger partial charge in [0, 0.05) is 51.3 Å². The summed E-state index contributed by atoms with van der Waals surface area (Å²) in [6, 6.07) is 25.3. The minimum absolute atomic E-state index is 0.126. The average Bonchev–Trinajstić information content (AvgIpc) is 2.84. The first-order valence-corrected chi connectivity index (χ1v) is 11.6. The highest BCUT2D eigenvalue weighted by molar-refractivity contribution is 5.88. The molecule has 3 aromatic carbocycles. The average molecular weight is 460 g/mol. The van der Waals surface area contributed by atoms with Crippen molar-refractivity contribution in [2.75, 3.05) is 31.5 Å². The first kappa shape index (κ1) is 25.0. The standard InChI is InChI=1S/C21H25N3O3.C7H8/c1-16(25)23-18-6-4-7-19(15-18)27-20-8-3-2-5-17(20)9-10-21(26)24-13-11-22-12-14-24;1-7-5-3-2-4-6-7/h2-8,15,22H,9-14H2,1H3,(H,23,25);2-6H,1H3. The lowest BCUT2D eigenvalue weighted by molar-refractivity contribution is -0.131. The maximum atomic E-state index is 12.4. The number of anilines is 1. The predicted octanol–water partition coefficient (Wildman–Crippen LogP) is 4.80. The van der Waals surface area contributed by atoms with Gasteiger partial charge in [0.05, 0.1) is 0 Å². The van der Waals surface area contributed by atoms with E-state index in [0.29, 0.717) is 24.3 Å². The summed E-state index contributed by atoms with van der Waals surface area (Å²) < 4.78 is 6.02. The fourth-order valence-electron chi connectivity index (χ4n) is 3.63. The van der Waals surface area contributed by atoms with Crippen LogP contribution in [-0.2, 0) is 16.0 Å².